The second kappa shape index (κ2) is 19.9. The molecule has 0 unspecified atom stereocenters. The number of benzene rings is 1. The molecule has 2 aliphatic heterocycles. The van der Waals surface area contributed by atoms with Crippen molar-refractivity contribution in [3.63, 3.8) is 0 Å². The van der Waals surface area contributed by atoms with E-state index in [2.05, 4.69) is 25.5 Å². The van der Waals surface area contributed by atoms with Crippen molar-refractivity contribution in [1.82, 2.24) is 40.0 Å². The Kier molecular flexibility index (Phi) is 15.2. The summed E-state index contributed by atoms with van der Waals surface area (Å²) in [5, 5.41) is 11.2. The van der Waals surface area contributed by atoms with E-state index in [1.54, 1.807) is 42.6 Å². The van der Waals surface area contributed by atoms with E-state index in [1.807, 2.05) is 34.6 Å². The maximum atomic E-state index is 16.0. The Bertz CT molecular complexity index is 2010. The SMILES string of the molecule is CC(=O)Oc1c([C@H](C)NC(=O)[C@@H]2C[C@@H](OC(C)=O)CN2C(=O)[C@H](C(C)C)n2cc(OCCCCN3CCN(C(=O)OC(C)(C)C)CC3)nn2)ccc(-c2scnc2C)c1F. The predicted molar refractivity (Wildman–Crippen MR) is 219 cm³/mol. The lowest BCUT2D eigenvalue weighted by molar-refractivity contribution is -0.147. The summed E-state index contributed by atoms with van der Waals surface area (Å²) in [4.78, 5) is 75.1. The first-order chi connectivity index (χ1) is 28.3. The number of carbonyl (C=O) groups excluding carboxylic acids is 5. The summed E-state index contributed by atoms with van der Waals surface area (Å²) in [6, 6.07) is 0.312. The molecular formula is C41H57FN8O9S. The molecule has 2 aromatic heterocycles. The van der Waals surface area contributed by atoms with E-state index in [0.29, 0.717) is 30.3 Å². The lowest BCUT2D eigenvalue weighted by Gasteiger charge is -2.35. The fourth-order valence-corrected chi connectivity index (χ4v) is 8.15. The second-order valence-corrected chi connectivity index (χ2v) is 17.4. The minimum Gasteiger partial charge on any atom is -0.475 e. The smallest absolute Gasteiger partial charge is 0.410 e. The van der Waals surface area contributed by atoms with Crippen molar-refractivity contribution in [2.24, 2.45) is 5.92 Å². The average molecular weight is 857 g/mol. The molecule has 5 rings (SSSR count). The number of carbonyl (C=O) groups is 5. The van der Waals surface area contributed by atoms with Gasteiger partial charge in [0.05, 0.1) is 41.5 Å². The molecule has 0 aliphatic carbocycles. The van der Waals surface area contributed by atoms with E-state index in [1.165, 1.54) is 27.8 Å². The number of hydrogen-bond acceptors (Lipinski definition) is 14. The van der Waals surface area contributed by atoms with Gasteiger partial charge in [0.1, 0.15) is 23.8 Å². The summed E-state index contributed by atoms with van der Waals surface area (Å²) in [6.45, 7) is 19.0. The molecule has 3 amide bonds. The van der Waals surface area contributed by atoms with Gasteiger partial charge in [-0.05, 0) is 66.0 Å². The summed E-state index contributed by atoms with van der Waals surface area (Å²) in [5.41, 5.74) is 2.09. The quantitative estimate of drug-likeness (QED) is 0.121. The highest BCUT2D eigenvalue weighted by Gasteiger charge is 2.45. The standard InChI is InChI=1S/C41H57FN8O9S/c1-24(2)35(50-22-33(45-46-50)56-19-11-10-14-47-15-17-48(18-16-47)40(55)59-41(7,8)9)39(54)49-21-29(57-27(5)51)20-32(49)38(53)44-25(3)30-12-13-31(37-26(4)43-23-60-37)34(42)36(30)58-28(6)52/h12-13,22-25,29,32,35H,10-11,14-21H2,1-9H3,(H,44,53)/t25-,29+,32-,35-/m0/s1. The highest BCUT2D eigenvalue weighted by Crippen LogP contribution is 2.38. The van der Waals surface area contributed by atoms with Crippen molar-refractivity contribution in [3.05, 3.63) is 40.9 Å². The molecule has 60 heavy (non-hydrogen) atoms. The van der Waals surface area contributed by atoms with Crippen LogP contribution < -0.4 is 14.8 Å². The molecule has 3 aromatic rings. The van der Waals surface area contributed by atoms with Crippen LogP contribution in [0.25, 0.3) is 10.4 Å². The van der Waals surface area contributed by atoms with Crippen LogP contribution in [0.15, 0.2) is 23.8 Å². The molecule has 0 saturated carbocycles. The van der Waals surface area contributed by atoms with Crippen LogP contribution in [0.5, 0.6) is 11.6 Å². The van der Waals surface area contributed by atoms with E-state index in [-0.39, 0.29) is 47.7 Å². The second-order valence-electron chi connectivity index (χ2n) is 16.5. The van der Waals surface area contributed by atoms with Crippen LogP contribution in [-0.4, -0.2) is 128 Å². The lowest BCUT2D eigenvalue weighted by Crippen LogP contribution is -2.50. The number of thiazole rings is 1. The highest BCUT2D eigenvalue weighted by molar-refractivity contribution is 7.13. The van der Waals surface area contributed by atoms with Crippen molar-refractivity contribution in [1.29, 1.82) is 0 Å². The number of aryl methyl sites for hydroxylation is 1. The number of aromatic nitrogens is 4. The Balaban J connectivity index is 1.21. The highest BCUT2D eigenvalue weighted by atomic mass is 32.1. The Hall–Kier alpha value is -5.17. The first-order valence-corrected chi connectivity index (χ1v) is 21.1. The summed E-state index contributed by atoms with van der Waals surface area (Å²) < 4.78 is 39.6. The van der Waals surface area contributed by atoms with Crippen LogP contribution >= 0.6 is 11.3 Å². The van der Waals surface area contributed by atoms with Gasteiger partial charge in [-0.2, -0.15) is 0 Å². The number of ether oxygens (including phenoxy) is 4. The Labute approximate surface area is 353 Å². The number of piperazine rings is 1. The van der Waals surface area contributed by atoms with Gasteiger partial charge in [-0.1, -0.05) is 30.2 Å². The minimum absolute atomic E-state index is 0.0224. The Morgan fingerprint density at radius 2 is 1.73 bits per heavy atom. The van der Waals surface area contributed by atoms with E-state index in [4.69, 9.17) is 18.9 Å². The maximum absolute atomic E-state index is 16.0. The molecule has 4 atom stereocenters. The molecule has 0 bridgehead atoms. The van der Waals surface area contributed by atoms with Crippen molar-refractivity contribution in [3.8, 4) is 22.1 Å². The van der Waals surface area contributed by atoms with E-state index in [0.717, 1.165) is 39.4 Å². The summed E-state index contributed by atoms with van der Waals surface area (Å²) in [7, 11) is 0. The number of amides is 3. The number of esters is 2. The maximum Gasteiger partial charge on any atom is 0.410 e. The molecular weight excluding hydrogens is 800 g/mol. The Morgan fingerprint density at radius 3 is 2.35 bits per heavy atom. The monoisotopic (exact) mass is 856 g/mol. The summed E-state index contributed by atoms with van der Waals surface area (Å²) >= 11 is 1.24. The molecule has 1 N–H and O–H groups in total. The lowest BCUT2D eigenvalue weighted by atomic mass is 10.0. The predicted octanol–water partition coefficient (Wildman–Crippen LogP) is 5.09. The summed E-state index contributed by atoms with van der Waals surface area (Å²) in [6.07, 6.45) is 2.14. The van der Waals surface area contributed by atoms with Crippen LogP contribution in [0.2, 0.25) is 0 Å². The Morgan fingerprint density at radius 1 is 1.02 bits per heavy atom. The zero-order valence-corrected chi connectivity index (χ0v) is 36.7. The van der Waals surface area contributed by atoms with Crippen molar-refractivity contribution in [2.75, 3.05) is 45.9 Å². The number of halogens is 1. The number of unbranched alkanes of at least 4 members (excludes halogenated alkanes) is 1. The van der Waals surface area contributed by atoms with Gasteiger partial charge in [-0.3, -0.25) is 24.1 Å². The van der Waals surface area contributed by atoms with Gasteiger partial charge in [0.2, 0.25) is 11.8 Å². The molecule has 17 nitrogen and oxygen atoms in total. The molecule has 19 heteroatoms. The minimum atomic E-state index is -1.06. The van der Waals surface area contributed by atoms with Crippen LogP contribution in [0.1, 0.15) is 98.0 Å². The third-order valence-corrected chi connectivity index (χ3v) is 11.1. The zero-order chi connectivity index (χ0) is 43.9. The van der Waals surface area contributed by atoms with Crippen molar-refractivity contribution in [2.45, 2.75) is 111 Å². The average Bonchev–Trinajstić information content (AvgIpc) is 3.91. The van der Waals surface area contributed by atoms with Crippen LogP contribution in [-0.2, 0) is 28.7 Å². The number of rotatable bonds is 15. The van der Waals surface area contributed by atoms with E-state index >= 15 is 4.39 Å². The van der Waals surface area contributed by atoms with Crippen LogP contribution in [0.3, 0.4) is 0 Å². The zero-order valence-electron chi connectivity index (χ0n) is 35.9. The topological polar surface area (TPSA) is 188 Å². The van der Waals surface area contributed by atoms with Gasteiger partial charge in [0, 0.05) is 57.6 Å². The largest absolute Gasteiger partial charge is 0.475 e. The number of likely N-dealkylation sites (tertiary alicyclic amines) is 1. The molecule has 1 aromatic carbocycles. The third-order valence-electron chi connectivity index (χ3n) is 10.2. The first-order valence-electron chi connectivity index (χ1n) is 20.3. The fourth-order valence-electron chi connectivity index (χ4n) is 7.32. The normalized spacial score (nSPS) is 18.2. The van der Waals surface area contributed by atoms with Gasteiger partial charge >= 0.3 is 18.0 Å². The molecule has 0 spiro atoms. The molecule has 4 heterocycles. The number of hydrogen-bond donors (Lipinski definition) is 1. The van der Waals surface area contributed by atoms with Crippen molar-refractivity contribution >= 4 is 41.2 Å². The first kappa shape index (κ1) is 45.9. The number of nitrogens with zero attached hydrogens (tertiary/aromatic N) is 7. The molecule has 328 valence electrons. The van der Waals surface area contributed by atoms with Crippen LogP contribution in [0, 0.1) is 18.7 Å². The van der Waals surface area contributed by atoms with Gasteiger partial charge < -0.3 is 34.1 Å². The van der Waals surface area contributed by atoms with Gasteiger partial charge in [0.15, 0.2) is 11.6 Å². The van der Waals surface area contributed by atoms with Gasteiger partial charge in [0.25, 0.3) is 5.88 Å². The molecule has 2 fully saturated rings. The number of nitrogens with one attached hydrogen (secondary N) is 1. The van der Waals surface area contributed by atoms with Crippen LogP contribution in [0.4, 0.5) is 9.18 Å². The summed E-state index contributed by atoms with van der Waals surface area (Å²) in [5.74, 6) is -3.46. The third kappa shape index (κ3) is 11.8. The van der Waals surface area contributed by atoms with E-state index < -0.39 is 59.4 Å². The molecule has 2 saturated heterocycles. The molecule has 0 radical (unpaired) electrons. The van der Waals surface area contributed by atoms with Gasteiger partial charge in [-0.15, -0.1) is 11.3 Å². The van der Waals surface area contributed by atoms with Crippen molar-refractivity contribution < 1.29 is 47.3 Å². The fraction of sp³-hybridized carbons (Fsp3) is 0.610. The van der Waals surface area contributed by atoms with Gasteiger partial charge in [-0.25, -0.2) is 18.9 Å². The molecule has 2 aliphatic rings. The van der Waals surface area contributed by atoms with E-state index in [9.17, 15) is 24.0 Å².